The first-order valence-corrected chi connectivity index (χ1v) is 3.56. The zero-order valence-electron chi connectivity index (χ0n) is 6.87. The van der Waals surface area contributed by atoms with E-state index in [-0.39, 0.29) is 5.91 Å². The minimum atomic E-state index is -0.308. The summed E-state index contributed by atoms with van der Waals surface area (Å²) in [6.07, 6.45) is 3.29. The summed E-state index contributed by atoms with van der Waals surface area (Å²) in [5.41, 5.74) is 1.59. The van der Waals surface area contributed by atoms with Crippen LogP contribution >= 0.6 is 0 Å². The van der Waals surface area contributed by atoms with Crippen LogP contribution in [0.15, 0.2) is 12.4 Å². The first-order chi connectivity index (χ1) is 5.68. The topological polar surface area (TPSA) is 54.9 Å². The molecule has 0 aliphatic carbocycles. The molecule has 0 aliphatic heterocycles. The van der Waals surface area contributed by atoms with E-state index < -0.39 is 0 Å². The molecule has 0 unspecified atom stereocenters. The van der Waals surface area contributed by atoms with Crippen molar-refractivity contribution >= 4 is 5.91 Å². The molecule has 0 atom stereocenters. The monoisotopic (exact) mass is 164 g/mol. The summed E-state index contributed by atoms with van der Waals surface area (Å²) in [5.74, 6) is -0.308. The second-order valence-corrected chi connectivity index (χ2v) is 2.43. The van der Waals surface area contributed by atoms with Crippen molar-refractivity contribution < 1.29 is 4.79 Å². The SMILES string of the molecule is [CH2]C(=O)NCc1cnc(C)cn1. The molecule has 0 aromatic carbocycles. The van der Waals surface area contributed by atoms with Crippen molar-refractivity contribution in [3.8, 4) is 0 Å². The molecular formula is C8H10N3O. The Morgan fingerprint density at radius 1 is 1.58 bits per heavy atom. The van der Waals surface area contributed by atoms with Gasteiger partial charge in [-0.3, -0.25) is 14.8 Å². The van der Waals surface area contributed by atoms with Crippen molar-refractivity contribution in [3.05, 3.63) is 30.7 Å². The van der Waals surface area contributed by atoms with Crippen molar-refractivity contribution in [2.45, 2.75) is 13.5 Å². The lowest BCUT2D eigenvalue weighted by Gasteiger charge is -2.00. The number of aryl methyl sites for hydroxylation is 1. The van der Waals surface area contributed by atoms with Crippen molar-refractivity contribution in [2.24, 2.45) is 0 Å². The van der Waals surface area contributed by atoms with Crippen LogP contribution in [-0.2, 0) is 11.3 Å². The fourth-order valence-corrected chi connectivity index (χ4v) is 0.700. The van der Waals surface area contributed by atoms with Gasteiger partial charge in [0.05, 0.1) is 24.1 Å². The van der Waals surface area contributed by atoms with Gasteiger partial charge < -0.3 is 5.32 Å². The van der Waals surface area contributed by atoms with Crippen molar-refractivity contribution in [3.63, 3.8) is 0 Å². The molecule has 4 heteroatoms. The number of carbonyl (C=O) groups is 1. The lowest BCUT2D eigenvalue weighted by atomic mass is 10.4. The third-order valence-electron chi connectivity index (χ3n) is 1.30. The minimum absolute atomic E-state index is 0.308. The van der Waals surface area contributed by atoms with Gasteiger partial charge in [0, 0.05) is 13.1 Å². The lowest BCUT2D eigenvalue weighted by Crippen LogP contribution is -2.19. The molecule has 1 amide bonds. The third kappa shape index (κ3) is 2.65. The highest BCUT2D eigenvalue weighted by atomic mass is 16.1. The molecule has 0 bridgehead atoms. The number of carbonyl (C=O) groups excluding carboxylic acids is 1. The number of hydrogen-bond acceptors (Lipinski definition) is 3. The van der Waals surface area contributed by atoms with Crippen LogP contribution in [0.2, 0.25) is 0 Å². The van der Waals surface area contributed by atoms with Crippen LogP contribution in [0.5, 0.6) is 0 Å². The quantitative estimate of drug-likeness (QED) is 0.681. The second kappa shape index (κ2) is 3.80. The highest BCUT2D eigenvalue weighted by molar-refractivity contribution is 5.79. The van der Waals surface area contributed by atoms with Gasteiger partial charge in [-0.1, -0.05) is 0 Å². The molecule has 4 nitrogen and oxygen atoms in total. The molecule has 1 N–H and O–H groups in total. The summed E-state index contributed by atoms with van der Waals surface area (Å²) >= 11 is 0. The highest BCUT2D eigenvalue weighted by Crippen LogP contribution is 1.92. The fraction of sp³-hybridized carbons (Fsp3) is 0.250. The Hall–Kier alpha value is -1.45. The minimum Gasteiger partial charge on any atom is -0.350 e. The maximum atomic E-state index is 10.4. The molecule has 63 valence electrons. The summed E-state index contributed by atoms with van der Waals surface area (Å²) in [6.45, 7) is 5.42. The van der Waals surface area contributed by atoms with Gasteiger partial charge in [0.2, 0.25) is 5.91 Å². The zero-order valence-corrected chi connectivity index (χ0v) is 6.87. The van der Waals surface area contributed by atoms with Crippen molar-refractivity contribution in [1.29, 1.82) is 0 Å². The van der Waals surface area contributed by atoms with Crippen LogP contribution < -0.4 is 5.32 Å². The van der Waals surface area contributed by atoms with E-state index >= 15 is 0 Å². The Labute approximate surface area is 71.0 Å². The molecule has 0 saturated carbocycles. The summed E-state index contributed by atoms with van der Waals surface area (Å²) in [7, 11) is 0. The molecule has 1 radical (unpaired) electrons. The van der Waals surface area contributed by atoms with E-state index in [9.17, 15) is 4.79 Å². The van der Waals surface area contributed by atoms with Gasteiger partial charge in [0.15, 0.2) is 0 Å². The number of aromatic nitrogens is 2. The van der Waals surface area contributed by atoms with E-state index in [0.29, 0.717) is 6.54 Å². The lowest BCUT2D eigenvalue weighted by molar-refractivity contribution is -0.116. The predicted octanol–water partition coefficient (Wildman–Crippen LogP) is 0.235. The van der Waals surface area contributed by atoms with Gasteiger partial charge in [-0.05, 0) is 6.92 Å². The third-order valence-corrected chi connectivity index (χ3v) is 1.30. The molecule has 12 heavy (non-hydrogen) atoms. The molecule has 1 aromatic heterocycles. The standard InChI is InChI=1S/C8H10N3O/c1-6-3-11-8(4-9-6)5-10-7(2)12/h3-4H,2,5H2,1H3,(H,10,12). The van der Waals surface area contributed by atoms with E-state index in [1.165, 1.54) is 0 Å². The number of amides is 1. The van der Waals surface area contributed by atoms with E-state index in [0.717, 1.165) is 11.4 Å². The Morgan fingerprint density at radius 2 is 2.33 bits per heavy atom. The maximum Gasteiger partial charge on any atom is 0.220 e. The Balaban J connectivity index is 2.53. The van der Waals surface area contributed by atoms with E-state index in [4.69, 9.17) is 0 Å². The average Bonchev–Trinajstić information content (AvgIpc) is 2.03. The van der Waals surface area contributed by atoms with Gasteiger partial charge in [-0.2, -0.15) is 0 Å². The Bertz CT molecular complexity index is 268. The summed E-state index contributed by atoms with van der Waals surface area (Å²) < 4.78 is 0. The average molecular weight is 164 g/mol. The van der Waals surface area contributed by atoms with Crippen molar-refractivity contribution in [2.75, 3.05) is 0 Å². The van der Waals surface area contributed by atoms with Gasteiger partial charge in [-0.25, -0.2) is 0 Å². The van der Waals surface area contributed by atoms with E-state index in [2.05, 4.69) is 22.2 Å². The number of nitrogens with one attached hydrogen (secondary N) is 1. The molecular weight excluding hydrogens is 154 g/mol. The first kappa shape index (κ1) is 8.64. The molecule has 0 fully saturated rings. The van der Waals surface area contributed by atoms with Crippen LogP contribution in [0.4, 0.5) is 0 Å². The number of nitrogens with zero attached hydrogens (tertiary/aromatic N) is 2. The van der Waals surface area contributed by atoms with E-state index in [1.807, 2.05) is 6.92 Å². The van der Waals surface area contributed by atoms with Crippen LogP contribution in [0, 0.1) is 13.8 Å². The predicted molar refractivity (Wildman–Crippen MR) is 44.0 cm³/mol. The molecule has 0 saturated heterocycles. The molecule has 1 aromatic rings. The second-order valence-electron chi connectivity index (χ2n) is 2.43. The number of hydrogen-bond donors (Lipinski definition) is 1. The molecule has 0 spiro atoms. The van der Waals surface area contributed by atoms with Crippen LogP contribution in [-0.4, -0.2) is 15.9 Å². The van der Waals surface area contributed by atoms with Crippen LogP contribution in [0.1, 0.15) is 11.4 Å². The normalized spacial score (nSPS) is 9.50. The maximum absolute atomic E-state index is 10.4. The Morgan fingerprint density at radius 3 is 2.83 bits per heavy atom. The van der Waals surface area contributed by atoms with Gasteiger partial charge in [0.25, 0.3) is 0 Å². The Kier molecular flexibility index (Phi) is 2.74. The largest absolute Gasteiger partial charge is 0.350 e. The smallest absolute Gasteiger partial charge is 0.220 e. The fourth-order valence-electron chi connectivity index (χ4n) is 0.700. The molecule has 1 heterocycles. The van der Waals surface area contributed by atoms with Crippen LogP contribution in [0.25, 0.3) is 0 Å². The zero-order chi connectivity index (χ0) is 8.97. The van der Waals surface area contributed by atoms with Gasteiger partial charge >= 0.3 is 0 Å². The summed E-state index contributed by atoms with van der Waals surface area (Å²) in [4.78, 5) is 18.5. The van der Waals surface area contributed by atoms with Crippen LogP contribution in [0.3, 0.4) is 0 Å². The first-order valence-electron chi connectivity index (χ1n) is 3.56. The number of rotatable bonds is 2. The van der Waals surface area contributed by atoms with Gasteiger partial charge in [0.1, 0.15) is 0 Å². The molecule has 0 aliphatic rings. The van der Waals surface area contributed by atoms with Crippen molar-refractivity contribution in [1.82, 2.24) is 15.3 Å². The molecule has 1 rings (SSSR count). The highest BCUT2D eigenvalue weighted by Gasteiger charge is 1.95. The summed E-state index contributed by atoms with van der Waals surface area (Å²) in [5, 5.41) is 2.53. The van der Waals surface area contributed by atoms with Gasteiger partial charge in [-0.15, -0.1) is 0 Å². The summed E-state index contributed by atoms with van der Waals surface area (Å²) in [6, 6.07) is 0. The van der Waals surface area contributed by atoms with E-state index in [1.54, 1.807) is 12.4 Å².